The first-order chi connectivity index (χ1) is 8.40. The van der Waals surface area contributed by atoms with Crippen molar-refractivity contribution in [1.29, 1.82) is 0 Å². The van der Waals surface area contributed by atoms with Gasteiger partial charge in [-0.05, 0) is 27.0 Å². The molecule has 5 nitrogen and oxygen atoms in total. The Labute approximate surface area is 107 Å². The van der Waals surface area contributed by atoms with Crippen LogP contribution in [0.5, 0.6) is 0 Å². The van der Waals surface area contributed by atoms with E-state index in [9.17, 15) is 4.79 Å². The number of hydrogen-bond donors (Lipinski definition) is 1. The number of nitrogens with zero attached hydrogens (tertiary/aromatic N) is 2. The molecular formula is C13H20N2O3. The van der Waals surface area contributed by atoms with Crippen molar-refractivity contribution in [2.45, 2.75) is 25.9 Å². The Morgan fingerprint density at radius 3 is 2.83 bits per heavy atom. The van der Waals surface area contributed by atoms with Crippen molar-refractivity contribution in [3.63, 3.8) is 0 Å². The number of carbonyl (C=O) groups is 1. The number of likely N-dealkylation sites (N-methyl/N-ethyl adjacent to an activating group) is 1. The maximum Gasteiger partial charge on any atom is 0.372 e. The van der Waals surface area contributed by atoms with E-state index in [1.807, 2.05) is 0 Å². The maximum atomic E-state index is 11.0. The van der Waals surface area contributed by atoms with Gasteiger partial charge in [0.25, 0.3) is 0 Å². The second-order valence-corrected chi connectivity index (χ2v) is 5.52. The first-order valence-electron chi connectivity index (χ1n) is 6.13. The highest BCUT2D eigenvalue weighted by atomic mass is 16.4. The standard InChI is InChI=1S/C13H20N2O3/c1-13(2)9-15(6-5-14(13)3)8-10-4-7-18-11(10)12(16)17/h4,7H,5-6,8-9H2,1-3H3,(H,16,17). The van der Waals surface area contributed by atoms with E-state index in [-0.39, 0.29) is 11.3 Å². The van der Waals surface area contributed by atoms with Crippen LogP contribution < -0.4 is 0 Å². The van der Waals surface area contributed by atoms with E-state index in [1.165, 1.54) is 6.26 Å². The highest BCUT2D eigenvalue weighted by Crippen LogP contribution is 2.21. The number of furan rings is 1. The molecule has 0 bridgehead atoms. The molecule has 1 aliphatic rings. The largest absolute Gasteiger partial charge is 0.475 e. The third-order valence-corrected chi connectivity index (χ3v) is 3.73. The summed E-state index contributed by atoms with van der Waals surface area (Å²) in [6.45, 7) is 7.90. The van der Waals surface area contributed by atoms with Gasteiger partial charge in [0.15, 0.2) is 0 Å². The zero-order valence-corrected chi connectivity index (χ0v) is 11.1. The first-order valence-corrected chi connectivity index (χ1v) is 6.13. The molecule has 1 fully saturated rings. The molecule has 2 heterocycles. The highest BCUT2D eigenvalue weighted by molar-refractivity contribution is 5.86. The Morgan fingerprint density at radius 2 is 2.22 bits per heavy atom. The maximum absolute atomic E-state index is 11.0. The lowest BCUT2D eigenvalue weighted by molar-refractivity contribution is 0.0354. The summed E-state index contributed by atoms with van der Waals surface area (Å²) in [5.74, 6) is -0.935. The van der Waals surface area contributed by atoms with E-state index >= 15 is 0 Å². The number of hydrogen-bond acceptors (Lipinski definition) is 4. The van der Waals surface area contributed by atoms with Gasteiger partial charge in [0.1, 0.15) is 0 Å². The monoisotopic (exact) mass is 252 g/mol. The van der Waals surface area contributed by atoms with Crippen molar-refractivity contribution in [2.75, 3.05) is 26.7 Å². The Bertz CT molecular complexity index is 439. The topological polar surface area (TPSA) is 56.9 Å². The minimum absolute atomic E-state index is 0.0618. The Morgan fingerprint density at radius 1 is 1.50 bits per heavy atom. The summed E-state index contributed by atoms with van der Waals surface area (Å²) in [5.41, 5.74) is 0.869. The van der Waals surface area contributed by atoms with Gasteiger partial charge in [0.2, 0.25) is 5.76 Å². The van der Waals surface area contributed by atoms with Gasteiger partial charge in [0.05, 0.1) is 6.26 Å². The SMILES string of the molecule is CN1CCN(Cc2ccoc2C(=O)O)CC1(C)C. The van der Waals surface area contributed by atoms with Gasteiger partial charge in [-0.15, -0.1) is 0 Å². The van der Waals surface area contributed by atoms with Crippen LogP contribution in [0.3, 0.4) is 0 Å². The molecule has 0 aromatic carbocycles. The molecule has 1 aliphatic heterocycles. The zero-order valence-electron chi connectivity index (χ0n) is 11.1. The first kappa shape index (κ1) is 13.1. The van der Waals surface area contributed by atoms with Crippen molar-refractivity contribution in [3.05, 3.63) is 23.7 Å². The molecule has 1 N–H and O–H groups in total. The summed E-state index contributed by atoms with van der Waals surface area (Å²) in [5, 5.41) is 9.01. The predicted octanol–water partition coefficient (Wildman–Crippen LogP) is 1.50. The summed E-state index contributed by atoms with van der Waals surface area (Å²) >= 11 is 0. The van der Waals surface area contributed by atoms with Crippen molar-refractivity contribution >= 4 is 5.97 Å². The second-order valence-electron chi connectivity index (χ2n) is 5.52. The van der Waals surface area contributed by atoms with Crippen LogP contribution in [0.1, 0.15) is 30.0 Å². The van der Waals surface area contributed by atoms with Gasteiger partial charge in [-0.3, -0.25) is 9.80 Å². The zero-order chi connectivity index (χ0) is 13.3. The van der Waals surface area contributed by atoms with E-state index in [2.05, 4.69) is 30.7 Å². The summed E-state index contributed by atoms with van der Waals surface area (Å²) in [6, 6.07) is 1.74. The lowest BCUT2D eigenvalue weighted by atomic mass is 9.99. The molecule has 0 spiro atoms. The van der Waals surface area contributed by atoms with Gasteiger partial charge in [-0.1, -0.05) is 0 Å². The van der Waals surface area contributed by atoms with Crippen LogP contribution in [-0.4, -0.2) is 53.1 Å². The van der Waals surface area contributed by atoms with Crippen LogP contribution in [0.25, 0.3) is 0 Å². The summed E-state index contributed by atoms with van der Waals surface area (Å²) in [4.78, 5) is 15.6. The lowest BCUT2D eigenvalue weighted by Gasteiger charge is -2.45. The number of rotatable bonds is 3. The van der Waals surface area contributed by atoms with Gasteiger partial charge in [-0.2, -0.15) is 0 Å². The minimum atomic E-state index is -0.997. The predicted molar refractivity (Wildman–Crippen MR) is 67.7 cm³/mol. The fourth-order valence-electron chi connectivity index (χ4n) is 2.36. The van der Waals surface area contributed by atoms with Gasteiger partial charge >= 0.3 is 5.97 Å². The molecule has 0 aliphatic carbocycles. The lowest BCUT2D eigenvalue weighted by Crippen LogP contribution is -2.57. The quantitative estimate of drug-likeness (QED) is 0.883. The molecule has 1 aromatic heterocycles. The summed E-state index contributed by atoms with van der Waals surface area (Å²) < 4.78 is 5.00. The number of carboxylic acids is 1. The average Bonchev–Trinajstić information content (AvgIpc) is 2.71. The third-order valence-electron chi connectivity index (χ3n) is 3.73. The number of carboxylic acid groups (broad SMARTS) is 1. The fraction of sp³-hybridized carbons (Fsp3) is 0.615. The van der Waals surface area contributed by atoms with Crippen molar-refractivity contribution in [1.82, 2.24) is 9.80 Å². The summed E-state index contributed by atoms with van der Waals surface area (Å²) in [6.07, 6.45) is 1.44. The Hall–Kier alpha value is -1.33. The molecule has 0 atom stereocenters. The molecule has 0 unspecified atom stereocenters. The molecule has 5 heteroatoms. The highest BCUT2D eigenvalue weighted by Gasteiger charge is 2.31. The number of aromatic carboxylic acids is 1. The van der Waals surface area contributed by atoms with Crippen LogP contribution in [-0.2, 0) is 6.54 Å². The van der Waals surface area contributed by atoms with Gasteiger partial charge in [-0.25, -0.2) is 4.79 Å². The van der Waals surface area contributed by atoms with Crippen molar-refractivity contribution in [2.24, 2.45) is 0 Å². The van der Waals surface area contributed by atoms with E-state index in [4.69, 9.17) is 9.52 Å². The van der Waals surface area contributed by atoms with Crippen molar-refractivity contribution in [3.8, 4) is 0 Å². The molecule has 1 aromatic rings. The fourth-order valence-corrected chi connectivity index (χ4v) is 2.36. The molecule has 2 rings (SSSR count). The van der Waals surface area contributed by atoms with Crippen LogP contribution in [0.15, 0.2) is 16.7 Å². The van der Waals surface area contributed by atoms with Crippen LogP contribution in [0.2, 0.25) is 0 Å². The van der Waals surface area contributed by atoms with Crippen LogP contribution in [0.4, 0.5) is 0 Å². The van der Waals surface area contributed by atoms with E-state index < -0.39 is 5.97 Å². The van der Waals surface area contributed by atoms with Gasteiger partial charge in [0, 0.05) is 37.3 Å². The van der Waals surface area contributed by atoms with E-state index in [0.29, 0.717) is 6.54 Å². The minimum Gasteiger partial charge on any atom is -0.475 e. The summed E-state index contributed by atoms with van der Waals surface area (Å²) in [7, 11) is 2.12. The van der Waals surface area contributed by atoms with Gasteiger partial charge < -0.3 is 9.52 Å². The normalized spacial score (nSPS) is 21.1. The molecule has 1 saturated heterocycles. The molecule has 18 heavy (non-hydrogen) atoms. The Kier molecular flexibility index (Phi) is 3.45. The Balaban J connectivity index is 2.06. The number of piperazine rings is 1. The molecule has 0 amide bonds. The van der Waals surface area contributed by atoms with Crippen molar-refractivity contribution < 1.29 is 14.3 Å². The van der Waals surface area contributed by atoms with Crippen LogP contribution >= 0.6 is 0 Å². The molecule has 0 radical (unpaired) electrons. The third kappa shape index (κ3) is 2.57. The molecule has 100 valence electrons. The molecular weight excluding hydrogens is 232 g/mol. The van der Waals surface area contributed by atoms with Crippen LogP contribution in [0, 0.1) is 0 Å². The van der Waals surface area contributed by atoms with E-state index in [1.54, 1.807) is 6.07 Å². The second kappa shape index (κ2) is 4.74. The molecule has 0 saturated carbocycles. The van der Waals surface area contributed by atoms with E-state index in [0.717, 1.165) is 25.2 Å². The average molecular weight is 252 g/mol. The smallest absolute Gasteiger partial charge is 0.372 e.